The summed E-state index contributed by atoms with van der Waals surface area (Å²) in [5.41, 5.74) is 14.3. The molecule has 0 aliphatic heterocycles. The van der Waals surface area contributed by atoms with E-state index in [-0.39, 0.29) is 0 Å². The number of para-hydroxylation sites is 5. The van der Waals surface area contributed by atoms with E-state index in [1.54, 1.807) is 0 Å². The van der Waals surface area contributed by atoms with Crippen LogP contribution in [0.5, 0.6) is 0 Å². The van der Waals surface area contributed by atoms with Crippen molar-refractivity contribution in [3.63, 3.8) is 0 Å². The number of nitrogens with zero attached hydrogens (tertiary/aromatic N) is 2. The topological polar surface area (TPSA) is 34.5 Å². The number of rotatable bonds is 6. The zero-order valence-electron chi connectivity index (χ0n) is 33.5. The molecule has 62 heavy (non-hydrogen) atoms. The normalized spacial score (nSPS) is 11.9. The van der Waals surface area contributed by atoms with Crippen LogP contribution < -0.4 is 4.90 Å². The summed E-state index contributed by atoms with van der Waals surface area (Å²) in [6.07, 6.45) is 0. The van der Waals surface area contributed by atoms with Gasteiger partial charge in [0.25, 0.3) is 0 Å². The van der Waals surface area contributed by atoms with Gasteiger partial charge in [0.15, 0.2) is 0 Å². The average molecular weight is 793 g/mol. The van der Waals surface area contributed by atoms with E-state index in [1.165, 1.54) is 27.2 Å². The highest BCUT2D eigenvalue weighted by molar-refractivity contribution is 6.18. The largest absolute Gasteiger partial charge is 0.455 e. The molecule has 0 fully saturated rings. The van der Waals surface area contributed by atoms with Crippen LogP contribution in [0.1, 0.15) is 0 Å². The van der Waals surface area contributed by atoms with Crippen LogP contribution in [0, 0.1) is 0 Å². The Morgan fingerprint density at radius 2 is 0.919 bits per heavy atom. The van der Waals surface area contributed by atoms with Crippen LogP contribution in [-0.4, -0.2) is 4.57 Å². The third-order valence-corrected chi connectivity index (χ3v) is 12.6. The fourth-order valence-corrected chi connectivity index (χ4v) is 9.84. The molecule has 0 unspecified atom stereocenters. The zero-order valence-corrected chi connectivity index (χ0v) is 33.5. The average Bonchev–Trinajstić information content (AvgIpc) is 4.02. The van der Waals surface area contributed by atoms with Crippen molar-refractivity contribution in [3.05, 3.63) is 218 Å². The minimum absolute atomic E-state index is 0.844. The van der Waals surface area contributed by atoms with Crippen LogP contribution in [0.25, 0.3) is 104 Å². The summed E-state index contributed by atoms with van der Waals surface area (Å²) in [4.78, 5) is 2.41. The Morgan fingerprint density at radius 1 is 0.355 bits per heavy atom. The molecule has 13 aromatic rings. The Kier molecular flexibility index (Phi) is 7.57. The van der Waals surface area contributed by atoms with Crippen molar-refractivity contribution in [3.8, 4) is 27.9 Å². The third kappa shape index (κ3) is 5.20. The highest BCUT2D eigenvalue weighted by atomic mass is 16.3. The second-order valence-corrected chi connectivity index (χ2v) is 16.0. The van der Waals surface area contributed by atoms with Gasteiger partial charge in [-0.15, -0.1) is 0 Å². The van der Waals surface area contributed by atoms with Crippen molar-refractivity contribution in [1.29, 1.82) is 0 Å². The van der Waals surface area contributed by atoms with E-state index < -0.39 is 0 Å². The smallest absolute Gasteiger partial charge is 0.145 e. The Labute approximate surface area is 356 Å². The van der Waals surface area contributed by atoms with Gasteiger partial charge in [-0.2, -0.15) is 0 Å². The van der Waals surface area contributed by atoms with Gasteiger partial charge in [-0.3, -0.25) is 0 Å². The molecular weight excluding hydrogens is 757 g/mol. The minimum Gasteiger partial charge on any atom is -0.455 e. The zero-order chi connectivity index (χ0) is 40.7. The summed E-state index contributed by atoms with van der Waals surface area (Å²) in [6.45, 7) is 0. The van der Waals surface area contributed by atoms with Crippen molar-refractivity contribution in [2.45, 2.75) is 0 Å². The Morgan fingerprint density at radius 3 is 1.73 bits per heavy atom. The second kappa shape index (κ2) is 13.6. The minimum atomic E-state index is 0.844. The maximum atomic E-state index is 6.98. The highest BCUT2D eigenvalue weighted by Crippen LogP contribution is 2.48. The van der Waals surface area contributed by atoms with Crippen LogP contribution in [0.15, 0.2) is 227 Å². The van der Waals surface area contributed by atoms with Crippen LogP contribution >= 0.6 is 0 Å². The van der Waals surface area contributed by atoms with E-state index in [4.69, 9.17) is 8.83 Å². The highest BCUT2D eigenvalue weighted by Gasteiger charge is 2.24. The maximum absolute atomic E-state index is 6.98. The van der Waals surface area contributed by atoms with Gasteiger partial charge in [0.05, 0.1) is 27.8 Å². The Hall–Kier alpha value is -8.34. The molecule has 0 atom stereocenters. The molecule has 0 spiro atoms. The first-order valence-electron chi connectivity index (χ1n) is 21.1. The number of furan rings is 2. The van der Waals surface area contributed by atoms with Gasteiger partial charge in [-0.1, -0.05) is 152 Å². The molecule has 0 aliphatic rings. The van der Waals surface area contributed by atoms with Crippen molar-refractivity contribution in [2.24, 2.45) is 0 Å². The predicted octanol–water partition coefficient (Wildman–Crippen LogP) is 16.5. The predicted molar refractivity (Wildman–Crippen MR) is 258 cm³/mol. The molecule has 0 amide bonds. The van der Waals surface area contributed by atoms with Gasteiger partial charge in [-0.25, -0.2) is 0 Å². The SMILES string of the molecule is c1cc(-c2cccc3c2oc2ccccc23)cc(N(c2cccc3ccccc23)c2ccc(-c3cccc(-n4c5ccccc5c5ccccc54)c3)c3oc4ccccc4c23)c1. The molecule has 0 bridgehead atoms. The number of hydrogen-bond donors (Lipinski definition) is 0. The standard InChI is InChI=1S/C58H36N2O2/c1-2-21-42-37(15-1)16-13-30-50(42)60(41-20-11-17-38(35-41)43-26-14-27-48-47-24-5-9-31-54(47)61-57(43)48)53-34-33-44(58-56(53)49-25-6-10-32-55(49)62-58)39-18-12-19-40(36-39)59-51-28-7-3-22-45(51)46-23-4-8-29-52(46)59/h1-36H. The molecule has 4 heteroatoms. The molecule has 0 aliphatic carbocycles. The number of benzene rings is 10. The van der Waals surface area contributed by atoms with Crippen molar-refractivity contribution in [2.75, 3.05) is 4.90 Å². The van der Waals surface area contributed by atoms with Gasteiger partial charge >= 0.3 is 0 Å². The van der Waals surface area contributed by atoms with Crippen LogP contribution in [0.2, 0.25) is 0 Å². The fraction of sp³-hybridized carbons (Fsp3) is 0. The Bertz CT molecular complexity index is 3840. The van der Waals surface area contributed by atoms with Gasteiger partial charge < -0.3 is 18.3 Å². The molecule has 10 aromatic carbocycles. The molecule has 0 saturated carbocycles. The van der Waals surface area contributed by atoms with E-state index in [0.717, 1.165) is 94.3 Å². The van der Waals surface area contributed by atoms with Crippen LogP contribution in [0.4, 0.5) is 17.1 Å². The van der Waals surface area contributed by atoms with Crippen LogP contribution in [-0.2, 0) is 0 Å². The van der Waals surface area contributed by atoms with Gasteiger partial charge in [-0.05, 0) is 83.2 Å². The molecule has 290 valence electrons. The molecule has 0 N–H and O–H groups in total. The third-order valence-electron chi connectivity index (χ3n) is 12.6. The molecule has 13 rings (SSSR count). The van der Waals surface area contributed by atoms with Gasteiger partial charge in [0, 0.05) is 54.8 Å². The number of fused-ring (bicyclic) bond motifs is 10. The van der Waals surface area contributed by atoms with E-state index >= 15 is 0 Å². The number of aromatic nitrogens is 1. The quantitative estimate of drug-likeness (QED) is 0.168. The molecule has 0 saturated heterocycles. The fourth-order valence-electron chi connectivity index (χ4n) is 9.84. The molecule has 3 aromatic heterocycles. The first-order valence-corrected chi connectivity index (χ1v) is 21.1. The summed E-state index contributed by atoms with van der Waals surface area (Å²) >= 11 is 0. The first kappa shape index (κ1) is 34.5. The lowest BCUT2D eigenvalue weighted by molar-refractivity contribution is 0.669. The lowest BCUT2D eigenvalue weighted by atomic mass is 9.98. The number of anilines is 3. The van der Waals surface area contributed by atoms with E-state index in [1.807, 2.05) is 12.1 Å². The summed E-state index contributed by atoms with van der Waals surface area (Å²) in [5, 5.41) is 9.15. The van der Waals surface area contributed by atoms with Crippen LogP contribution in [0.3, 0.4) is 0 Å². The second-order valence-electron chi connectivity index (χ2n) is 16.0. The van der Waals surface area contributed by atoms with Gasteiger partial charge in [0.2, 0.25) is 0 Å². The lowest BCUT2D eigenvalue weighted by Gasteiger charge is -2.28. The maximum Gasteiger partial charge on any atom is 0.145 e. The van der Waals surface area contributed by atoms with E-state index in [2.05, 4.69) is 216 Å². The molecule has 4 nitrogen and oxygen atoms in total. The summed E-state index contributed by atoms with van der Waals surface area (Å²) in [6, 6.07) is 77.9. The molecule has 0 radical (unpaired) electrons. The first-order chi connectivity index (χ1) is 30.8. The van der Waals surface area contributed by atoms with Crippen molar-refractivity contribution in [1.82, 2.24) is 4.57 Å². The monoisotopic (exact) mass is 792 g/mol. The summed E-state index contributed by atoms with van der Waals surface area (Å²) in [7, 11) is 0. The van der Waals surface area contributed by atoms with Crippen molar-refractivity contribution < 1.29 is 8.83 Å². The van der Waals surface area contributed by atoms with Crippen molar-refractivity contribution >= 4 is 93.5 Å². The summed E-state index contributed by atoms with van der Waals surface area (Å²) in [5.74, 6) is 0. The van der Waals surface area contributed by atoms with Gasteiger partial charge in [0.1, 0.15) is 22.3 Å². The lowest BCUT2D eigenvalue weighted by Crippen LogP contribution is -2.11. The molecule has 3 heterocycles. The molecular formula is C58H36N2O2. The number of hydrogen-bond acceptors (Lipinski definition) is 3. The van der Waals surface area contributed by atoms with E-state index in [0.29, 0.717) is 0 Å². The van der Waals surface area contributed by atoms with E-state index in [9.17, 15) is 0 Å². The summed E-state index contributed by atoms with van der Waals surface area (Å²) < 4.78 is 15.9. The Balaban J connectivity index is 1.05.